The van der Waals surface area contributed by atoms with Crippen LogP contribution in [0.1, 0.15) is 0 Å². The molecule has 51 heavy (non-hydrogen) atoms. The highest BCUT2D eigenvalue weighted by molar-refractivity contribution is 6.24. The number of rotatable bonds is 4. The van der Waals surface area contributed by atoms with Gasteiger partial charge in [0.1, 0.15) is 11.2 Å². The van der Waals surface area contributed by atoms with Crippen molar-refractivity contribution in [3.63, 3.8) is 0 Å². The average molecular weight is 653 g/mol. The Morgan fingerprint density at radius 2 is 0.961 bits per heavy atom. The van der Waals surface area contributed by atoms with Crippen molar-refractivity contribution in [1.29, 1.82) is 0 Å². The van der Waals surface area contributed by atoms with Crippen molar-refractivity contribution in [2.45, 2.75) is 0 Å². The monoisotopic (exact) mass is 652 g/mol. The van der Waals surface area contributed by atoms with Gasteiger partial charge in [0, 0.05) is 43.7 Å². The fourth-order valence-electron chi connectivity index (χ4n) is 7.87. The summed E-state index contributed by atoms with van der Waals surface area (Å²) in [5.41, 5.74) is 11.0. The van der Waals surface area contributed by atoms with Crippen LogP contribution in [-0.4, -0.2) is 19.1 Å². The molecule has 0 spiro atoms. The normalized spacial score (nSPS) is 11.9. The zero-order chi connectivity index (χ0) is 33.5. The minimum absolute atomic E-state index is 0.629. The maximum absolute atomic E-state index is 6.57. The number of furan rings is 1. The average Bonchev–Trinajstić information content (AvgIpc) is 3.86. The Morgan fingerprint density at radius 1 is 0.392 bits per heavy atom. The van der Waals surface area contributed by atoms with E-state index in [1.165, 1.54) is 0 Å². The number of hydrogen-bond acceptors (Lipinski definition) is 3. The highest BCUT2D eigenvalue weighted by Crippen LogP contribution is 2.41. The van der Waals surface area contributed by atoms with Crippen molar-refractivity contribution in [2.75, 3.05) is 0 Å². The number of aromatic nitrogens is 4. The zero-order valence-electron chi connectivity index (χ0n) is 27.4. The third kappa shape index (κ3) is 4.15. The van der Waals surface area contributed by atoms with Crippen LogP contribution in [0, 0.1) is 0 Å². The van der Waals surface area contributed by atoms with Gasteiger partial charge in [-0.15, -0.1) is 0 Å². The van der Waals surface area contributed by atoms with Crippen LogP contribution < -0.4 is 0 Å². The maximum Gasteiger partial charge on any atom is 0.235 e. The van der Waals surface area contributed by atoms with Gasteiger partial charge in [0.2, 0.25) is 5.95 Å². The minimum atomic E-state index is 0.629. The molecule has 4 aromatic heterocycles. The quantitative estimate of drug-likeness (QED) is 0.190. The van der Waals surface area contributed by atoms with Crippen molar-refractivity contribution in [3.05, 3.63) is 170 Å². The van der Waals surface area contributed by atoms with Crippen molar-refractivity contribution >= 4 is 65.6 Å². The second-order valence-corrected chi connectivity index (χ2v) is 13.0. The number of para-hydroxylation sites is 3. The van der Waals surface area contributed by atoms with Crippen LogP contribution >= 0.6 is 0 Å². The van der Waals surface area contributed by atoms with Crippen LogP contribution in [0.2, 0.25) is 0 Å². The van der Waals surface area contributed by atoms with E-state index in [-0.39, 0.29) is 0 Å². The van der Waals surface area contributed by atoms with Gasteiger partial charge >= 0.3 is 0 Å². The minimum Gasteiger partial charge on any atom is -0.455 e. The number of fused-ring (bicyclic) bond motifs is 10. The third-order valence-electron chi connectivity index (χ3n) is 10.1. The van der Waals surface area contributed by atoms with Gasteiger partial charge in [-0.3, -0.25) is 4.57 Å². The summed E-state index contributed by atoms with van der Waals surface area (Å²) < 4.78 is 11.1. The molecule has 0 saturated carbocycles. The van der Waals surface area contributed by atoms with Gasteiger partial charge in [-0.1, -0.05) is 121 Å². The van der Waals surface area contributed by atoms with E-state index in [9.17, 15) is 0 Å². The van der Waals surface area contributed by atoms with Gasteiger partial charge < -0.3 is 8.98 Å². The molecule has 5 heteroatoms. The summed E-state index contributed by atoms with van der Waals surface area (Å²) in [6, 6.07) is 59.4. The molecule has 238 valence electrons. The lowest BCUT2D eigenvalue weighted by Crippen LogP contribution is -2.04. The topological polar surface area (TPSA) is 48.8 Å². The standard InChI is InChI=1S/C46H28N4O/c1-3-13-29(14-4-1)37-28-38(30-15-5-2-6-16-30)48-46(47-37)50-39-20-10-7-17-32(39)33-24-23-31(27-42(33)50)49-40-21-11-8-19-36(40)44-41(49)26-25-35-34-18-9-12-22-43(34)51-45(35)44/h1-28H. The molecule has 7 aromatic carbocycles. The van der Waals surface area contributed by atoms with E-state index in [4.69, 9.17) is 14.4 Å². The molecule has 0 saturated heterocycles. The Morgan fingerprint density at radius 3 is 1.69 bits per heavy atom. The lowest BCUT2D eigenvalue weighted by atomic mass is 10.1. The van der Waals surface area contributed by atoms with Gasteiger partial charge in [-0.05, 0) is 48.5 Å². The molecule has 0 radical (unpaired) electrons. The Balaban J connectivity index is 1.21. The zero-order valence-corrected chi connectivity index (χ0v) is 27.4. The van der Waals surface area contributed by atoms with Gasteiger partial charge in [-0.2, -0.15) is 0 Å². The van der Waals surface area contributed by atoms with Crippen LogP contribution in [0.4, 0.5) is 0 Å². The molecular formula is C46H28N4O. The van der Waals surface area contributed by atoms with E-state index < -0.39 is 0 Å². The summed E-state index contributed by atoms with van der Waals surface area (Å²) >= 11 is 0. The fraction of sp³-hybridized carbons (Fsp3) is 0. The Labute approximate surface area is 292 Å². The Bertz CT molecular complexity index is 3080. The lowest BCUT2D eigenvalue weighted by molar-refractivity contribution is 0.673. The van der Waals surface area contributed by atoms with Crippen molar-refractivity contribution in [2.24, 2.45) is 0 Å². The van der Waals surface area contributed by atoms with E-state index in [0.717, 1.165) is 93.8 Å². The van der Waals surface area contributed by atoms with Crippen molar-refractivity contribution in [1.82, 2.24) is 19.1 Å². The van der Waals surface area contributed by atoms with E-state index in [1.807, 2.05) is 24.3 Å². The molecule has 11 aromatic rings. The summed E-state index contributed by atoms with van der Waals surface area (Å²) in [5.74, 6) is 0.629. The Kier molecular flexibility index (Phi) is 5.89. The molecule has 0 bridgehead atoms. The first kappa shape index (κ1) is 27.9. The predicted molar refractivity (Wildman–Crippen MR) is 209 cm³/mol. The van der Waals surface area contributed by atoms with E-state index in [0.29, 0.717) is 5.95 Å². The van der Waals surface area contributed by atoms with Crippen LogP contribution in [0.5, 0.6) is 0 Å². The third-order valence-corrected chi connectivity index (χ3v) is 10.1. The number of nitrogens with zero attached hydrogens (tertiary/aromatic N) is 4. The van der Waals surface area contributed by atoms with Gasteiger partial charge in [0.05, 0.1) is 38.8 Å². The molecule has 0 atom stereocenters. The van der Waals surface area contributed by atoms with E-state index in [1.54, 1.807) is 0 Å². The molecular weight excluding hydrogens is 625 g/mol. The smallest absolute Gasteiger partial charge is 0.235 e. The molecule has 0 unspecified atom stereocenters. The highest BCUT2D eigenvalue weighted by Gasteiger charge is 2.21. The fourth-order valence-corrected chi connectivity index (χ4v) is 7.87. The van der Waals surface area contributed by atoms with Gasteiger partial charge in [0.25, 0.3) is 0 Å². The summed E-state index contributed by atoms with van der Waals surface area (Å²) in [6.45, 7) is 0. The highest BCUT2D eigenvalue weighted by atomic mass is 16.3. The van der Waals surface area contributed by atoms with Crippen LogP contribution in [-0.2, 0) is 0 Å². The molecule has 0 N–H and O–H groups in total. The first-order valence-electron chi connectivity index (χ1n) is 17.2. The predicted octanol–water partition coefficient (Wildman–Crippen LogP) is 11.9. The molecule has 0 aliphatic heterocycles. The molecule has 0 aliphatic rings. The number of hydrogen-bond donors (Lipinski definition) is 0. The maximum atomic E-state index is 6.57. The van der Waals surface area contributed by atoms with E-state index >= 15 is 0 Å². The molecule has 11 rings (SSSR count). The summed E-state index contributed by atoms with van der Waals surface area (Å²) in [7, 11) is 0. The van der Waals surface area contributed by atoms with Crippen LogP contribution in [0.3, 0.4) is 0 Å². The largest absolute Gasteiger partial charge is 0.455 e. The second kappa shape index (κ2) is 10.8. The molecule has 4 heterocycles. The van der Waals surface area contributed by atoms with Gasteiger partial charge in [-0.25, -0.2) is 9.97 Å². The second-order valence-electron chi connectivity index (χ2n) is 13.0. The van der Waals surface area contributed by atoms with Crippen LogP contribution in [0.25, 0.3) is 99.7 Å². The van der Waals surface area contributed by atoms with Crippen LogP contribution in [0.15, 0.2) is 174 Å². The molecule has 0 amide bonds. The molecule has 0 fully saturated rings. The molecule has 0 aliphatic carbocycles. The summed E-state index contributed by atoms with van der Waals surface area (Å²) in [4.78, 5) is 10.5. The first-order valence-corrected chi connectivity index (χ1v) is 17.2. The SMILES string of the molecule is c1ccc(-c2cc(-c3ccccc3)nc(-n3c4ccccc4c4ccc(-n5c6ccccc6c6c7oc8ccccc8c7ccc65)cc43)n2)cc1. The van der Waals surface area contributed by atoms with Gasteiger partial charge in [0.15, 0.2) is 0 Å². The lowest BCUT2D eigenvalue weighted by Gasteiger charge is -2.13. The Hall–Kier alpha value is -6.98. The van der Waals surface area contributed by atoms with E-state index in [2.05, 4.69) is 155 Å². The summed E-state index contributed by atoms with van der Waals surface area (Å²) in [5, 5.41) is 6.83. The summed E-state index contributed by atoms with van der Waals surface area (Å²) in [6.07, 6.45) is 0. The van der Waals surface area contributed by atoms with Crippen molar-refractivity contribution in [3.8, 4) is 34.2 Å². The van der Waals surface area contributed by atoms with Crippen molar-refractivity contribution < 1.29 is 4.42 Å². The molecule has 5 nitrogen and oxygen atoms in total. The first-order chi connectivity index (χ1) is 25.3. The number of benzene rings is 7.